The molecular formula is C12H17N3O2S. The van der Waals surface area contributed by atoms with Gasteiger partial charge >= 0.3 is 0 Å². The van der Waals surface area contributed by atoms with Crippen LogP contribution in [-0.2, 0) is 0 Å². The summed E-state index contributed by atoms with van der Waals surface area (Å²) in [6, 6.07) is 0. The lowest BCUT2D eigenvalue weighted by molar-refractivity contribution is 0.111. The van der Waals surface area contributed by atoms with Crippen LogP contribution >= 0.6 is 11.3 Å². The third-order valence-electron chi connectivity index (χ3n) is 2.90. The molecule has 0 atom stereocenters. The Labute approximate surface area is 110 Å². The highest BCUT2D eigenvalue weighted by molar-refractivity contribution is 7.15. The summed E-state index contributed by atoms with van der Waals surface area (Å²) in [4.78, 5) is 18.5. The lowest BCUT2D eigenvalue weighted by atomic mass is 10.2. The van der Waals surface area contributed by atoms with Crippen LogP contribution in [0.3, 0.4) is 0 Å². The molecule has 2 aromatic rings. The van der Waals surface area contributed by atoms with Crippen molar-refractivity contribution in [2.45, 2.75) is 19.3 Å². The number of aliphatic hydroxyl groups is 1. The average molecular weight is 267 g/mol. The Balaban J connectivity index is 2.09. The first kappa shape index (κ1) is 13.0. The van der Waals surface area contributed by atoms with Gasteiger partial charge < -0.3 is 10.0 Å². The highest BCUT2D eigenvalue weighted by Crippen LogP contribution is 2.22. The van der Waals surface area contributed by atoms with E-state index in [0.29, 0.717) is 5.69 Å². The maximum Gasteiger partial charge on any atom is 0.196 e. The largest absolute Gasteiger partial charge is 0.396 e. The Kier molecular flexibility index (Phi) is 4.33. The number of nitrogens with zero attached hydrogens (tertiary/aromatic N) is 3. The van der Waals surface area contributed by atoms with Gasteiger partial charge in [0.15, 0.2) is 17.1 Å². The molecule has 6 heteroatoms. The predicted molar refractivity (Wildman–Crippen MR) is 72.7 cm³/mol. The molecular weight excluding hydrogens is 250 g/mol. The molecule has 0 aliphatic carbocycles. The first-order valence-electron chi connectivity index (χ1n) is 6.00. The van der Waals surface area contributed by atoms with Gasteiger partial charge in [0.05, 0.1) is 0 Å². The zero-order valence-corrected chi connectivity index (χ0v) is 11.2. The fraction of sp³-hybridized carbons (Fsp3) is 0.500. The van der Waals surface area contributed by atoms with Crippen LogP contribution in [0.25, 0.3) is 4.96 Å². The lowest BCUT2D eigenvalue weighted by Crippen LogP contribution is -2.20. The monoisotopic (exact) mass is 267 g/mol. The van der Waals surface area contributed by atoms with E-state index < -0.39 is 0 Å². The van der Waals surface area contributed by atoms with Gasteiger partial charge in [-0.1, -0.05) is 0 Å². The van der Waals surface area contributed by atoms with Crippen molar-refractivity contribution in [1.29, 1.82) is 0 Å². The topological polar surface area (TPSA) is 57.8 Å². The molecule has 0 aliphatic rings. The van der Waals surface area contributed by atoms with Crippen molar-refractivity contribution in [3.63, 3.8) is 0 Å². The van der Waals surface area contributed by atoms with Crippen molar-refractivity contribution in [3.8, 4) is 0 Å². The molecule has 1 N–H and O–H groups in total. The van der Waals surface area contributed by atoms with E-state index in [0.717, 1.165) is 42.9 Å². The molecule has 2 aromatic heterocycles. The summed E-state index contributed by atoms with van der Waals surface area (Å²) in [6.07, 6.45) is 5.51. The number of thiazole rings is 1. The van der Waals surface area contributed by atoms with E-state index in [-0.39, 0.29) is 6.61 Å². The van der Waals surface area contributed by atoms with Gasteiger partial charge in [0.25, 0.3) is 0 Å². The van der Waals surface area contributed by atoms with Crippen LogP contribution in [0.5, 0.6) is 0 Å². The number of hydrogen-bond acceptors (Lipinski definition) is 5. The first-order valence-corrected chi connectivity index (χ1v) is 6.88. The second-order valence-corrected chi connectivity index (χ2v) is 5.07. The Morgan fingerprint density at radius 1 is 1.50 bits per heavy atom. The van der Waals surface area contributed by atoms with Crippen LogP contribution in [-0.4, -0.2) is 41.0 Å². The van der Waals surface area contributed by atoms with Crippen LogP contribution in [0.1, 0.15) is 29.8 Å². The zero-order valence-electron chi connectivity index (χ0n) is 10.4. The Bertz CT molecular complexity index is 520. The molecule has 2 heterocycles. The number of hydrogen-bond donors (Lipinski definition) is 1. The van der Waals surface area contributed by atoms with Crippen LogP contribution in [0.15, 0.2) is 11.6 Å². The van der Waals surface area contributed by atoms with Crippen LogP contribution in [0.4, 0.5) is 5.82 Å². The number of unbranched alkanes of at least 4 members (excludes halogenated alkanes) is 2. The summed E-state index contributed by atoms with van der Waals surface area (Å²) in [5.74, 6) is 0.737. The normalized spacial score (nSPS) is 11.0. The quantitative estimate of drug-likeness (QED) is 0.614. The van der Waals surface area contributed by atoms with Crippen molar-refractivity contribution in [2.75, 3.05) is 25.1 Å². The lowest BCUT2D eigenvalue weighted by Gasteiger charge is -2.16. The van der Waals surface area contributed by atoms with Gasteiger partial charge in [0.2, 0.25) is 0 Å². The van der Waals surface area contributed by atoms with Gasteiger partial charge in [-0.15, -0.1) is 11.3 Å². The molecule has 18 heavy (non-hydrogen) atoms. The second-order valence-electron chi connectivity index (χ2n) is 4.20. The maximum atomic E-state index is 11.2. The highest BCUT2D eigenvalue weighted by Gasteiger charge is 2.15. The van der Waals surface area contributed by atoms with Crippen molar-refractivity contribution >= 4 is 28.4 Å². The summed E-state index contributed by atoms with van der Waals surface area (Å²) in [5, 5.41) is 10.6. The van der Waals surface area contributed by atoms with E-state index in [4.69, 9.17) is 5.11 Å². The van der Waals surface area contributed by atoms with Gasteiger partial charge in [-0.05, 0) is 19.3 Å². The van der Waals surface area contributed by atoms with E-state index in [9.17, 15) is 4.79 Å². The van der Waals surface area contributed by atoms with Gasteiger partial charge in [-0.2, -0.15) is 0 Å². The number of anilines is 1. The molecule has 0 unspecified atom stereocenters. The van der Waals surface area contributed by atoms with Gasteiger partial charge in [0.1, 0.15) is 5.69 Å². The highest BCUT2D eigenvalue weighted by atomic mass is 32.1. The number of aldehydes is 1. The number of carbonyl (C=O) groups excluding carboxylic acids is 1. The molecule has 0 spiro atoms. The minimum Gasteiger partial charge on any atom is -0.396 e. The Morgan fingerprint density at radius 2 is 2.33 bits per heavy atom. The van der Waals surface area contributed by atoms with Crippen molar-refractivity contribution in [1.82, 2.24) is 9.38 Å². The first-order chi connectivity index (χ1) is 8.77. The standard InChI is InChI=1S/C12H17N3O2S/c1-14(5-3-2-4-7-16)11-10(9-17)15-6-8-18-12(15)13-11/h6,8-9,16H,2-5,7H2,1H3. The predicted octanol–water partition coefficient (Wildman–Crippen LogP) is 1.81. The fourth-order valence-electron chi connectivity index (χ4n) is 1.93. The van der Waals surface area contributed by atoms with E-state index in [2.05, 4.69) is 4.98 Å². The molecule has 5 nitrogen and oxygen atoms in total. The second kappa shape index (κ2) is 5.97. The Hall–Kier alpha value is -1.40. The fourth-order valence-corrected chi connectivity index (χ4v) is 2.64. The molecule has 0 saturated carbocycles. The molecule has 0 bridgehead atoms. The molecule has 0 saturated heterocycles. The van der Waals surface area contributed by atoms with Gasteiger partial charge in [-0.3, -0.25) is 9.20 Å². The Morgan fingerprint density at radius 3 is 3.06 bits per heavy atom. The molecule has 0 aromatic carbocycles. The van der Waals surface area contributed by atoms with Gasteiger partial charge in [-0.25, -0.2) is 4.98 Å². The van der Waals surface area contributed by atoms with E-state index in [1.54, 1.807) is 0 Å². The number of carbonyl (C=O) groups is 1. The average Bonchev–Trinajstić information content (AvgIpc) is 2.93. The summed E-state index contributed by atoms with van der Waals surface area (Å²) in [6.45, 7) is 1.08. The van der Waals surface area contributed by atoms with Crippen molar-refractivity contribution in [2.24, 2.45) is 0 Å². The van der Waals surface area contributed by atoms with Crippen molar-refractivity contribution in [3.05, 3.63) is 17.3 Å². The molecule has 0 aliphatic heterocycles. The van der Waals surface area contributed by atoms with Crippen molar-refractivity contribution < 1.29 is 9.90 Å². The van der Waals surface area contributed by atoms with Crippen LogP contribution in [0, 0.1) is 0 Å². The molecule has 0 fully saturated rings. The van der Waals surface area contributed by atoms with Crippen LogP contribution < -0.4 is 4.90 Å². The number of aromatic nitrogens is 2. The van der Waals surface area contributed by atoms with E-state index in [1.807, 2.05) is 27.9 Å². The maximum absolute atomic E-state index is 11.2. The van der Waals surface area contributed by atoms with E-state index in [1.165, 1.54) is 11.3 Å². The third kappa shape index (κ3) is 2.54. The summed E-state index contributed by atoms with van der Waals surface area (Å²) in [5.41, 5.74) is 0.607. The third-order valence-corrected chi connectivity index (χ3v) is 3.66. The number of imidazole rings is 1. The minimum absolute atomic E-state index is 0.240. The van der Waals surface area contributed by atoms with E-state index >= 15 is 0 Å². The molecule has 2 rings (SSSR count). The summed E-state index contributed by atoms with van der Waals surface area (Å²) >= 11 is 1.52. The summed E-state index contributed by atoms with van der Waals surface area (Å²) < 4.78 is 1.82. The smallest absolute Gasteiger partial charge is 0.196 e. The zero-order chi connectivity index (χ0) is 13.0. The number of fused-ring (bicyclic) bond motifs is 1. The van der Waals surface area contributed by atoms with Gasteiger partial charge in [0, 0.05) is 31.8 Å². The minimum atomic E-state index is 0.240. The number of rotatable bonds is 7. The van der Waals surface area contributed by atoms with Crippen LogP contribution in [0.2, 0.25) is 0 Å². The molecule has 0 radical (unpaired) electrons. The molecule has 98 valence electrons. The SMILES string of the molecule is CN(CCCCCO)c1nc2sccn2c1C=O. The summed E-state index contributed by atoms with van der Waals surface area (Å²) in [7, 11) is 1.94. The number of aliphatic hydroxyl groups excluding tert-OH is 1. The molecule has 0 amide bonds.